The van der Waals surface area contributed by atoms with Crippen LogP contribution >= 0.6 is 11.6 Å². The van der Waals surface area contributed by atoms with Crippen molar-refractivity contribution in [3.63, 3.8) is 0 Å². The molecule has 1 rings (SSSR count). The number of nitro groups is 1. The van der Waals surface area contributed by atoms with E-state index >= 15 is 0 Å². The Morgan fingerprint density at radius 3 is 2.69 bits per heavy atom. The van der Waals surface area contributed by atoms with Crippen molar-refractivity contribution in [1.82, 2.24) is 4.98 Å². The van der Waals surface area contributed by atoms with Gasteiger partial charge in [0.1, 0.15) is 5.56 Å². The quantitative estimate of drug-likeness (QED) is 0.469. The molecule has 0 amide bonds. The molecule has 1 aromatic rings. The number of pyridine rings is 1. The lowest BCUT2D eigenvalue weighted by Gasteiger charge is -2.08. The minimum absolute atomic E-state index is 0.119. The first kappa shape index (κ1) is 12.6. The maximum atomic E-state index is 12.6. The highest BCUT2D eigenvalue weighted by Crippen LogP contribution is 2.34. The van der Waals surface area contributed by atoms with Crippen LogP contribution in [-0.4, -0.2) is 17.0 Å². The van der Waals surface area contributed by atoms with Gasteiger partial charge in [0.05, 0.1) is 29.7 Å². The Bertz CT molecular complexity index is 415. The van der Waals surface area contributed by atoms with Crippen LogP contribution in [0.4, 0.5) is 14.5 Å². The van der Waals surface area contributed by atoms with E-state index in [1.807, 2.05) is 0 Å². The topological polar surface area (TPSA) is 65.3 Å². The molecule has 0 aliphatic heterocycles. The summed E-state index contributed by atoms with van der Waals surface area (Å²) < 4.78 is 29.9. The normalized spacial score (nSPS) is 10.6. The van der Waals surface area contributed by atoms with E-state index in [4.69, 9.17) is 11.6 Å². The molecule has 0 radical (unpaired) electrons. The Hall–Kier alpha value is -1.50. The summed E-state index contributed by atoms with van der Waals surface area (Å²) in [6, 6.07) is 0.845. The van der Waals surface area contributed by atoms with Crippen molar-refractivity contribution in [2.75, 3.05) is 7.11 Å². The summed E-state index contributed by atoms with van der Waals surface area (Å²) in [7, 11) is 1.23. The minimum Gasteiger partial charge on any atom is -0.481 e. The Balaban J connectivity index is 3.47. The molecule has 0 aliphatic rings. The number of ether oxygens (including phenoxy) is 1. The molecule has 0 saturated heterocycles. The Morgan fingerprint density at radius 2 is 2.31 bits per heavy atom. The van der Waals surface area contributed by atoms with Gasteiger partial charge >= 0.3 is 0 Å². The molecule has 0 fully saturated rings. The zero-order valence-electron chi connectivity index (χ0n) is 8.11. The number of hydrogen-bond acceptors (Lipinski definition) is 4. The maximum absolute atomic E-state index is 12.6. The first-order chi connectivity index (χ1) is 7.51. The first-order valence-electron chi connectivity index (χ1n) is 4.07. The number of nitrogens with zero attached hydrogens (tertiary/aromatic N) is 2. The first-order valence-corrected chi connectivity index (χ1v) is 4.61. The highest BCUT2D eigenvalue weighted by Gasteiger charge is 2.27. The maximum Gasteiger partial charge on any atom is 0.285 e. The van der Waals surface area contributed by atoms with E-state index < -0.39 is 22.6 Å². The lowest BCUT2D eigenvalue weighted by atomic mass is 10.1. The summed E-state index contributed by atoms with van der Waals surface area (Å²) in [4.78, 5) is 13.3. The molecule has 0 atom stereocenters. The van der Waals surface area contributed by atoms with Gasteiger partial charge < -0.3 is 4.74 Å². The molecule has 5 nitrogen and oxygen atoms in total. The lowest BCUT2D eigenvalue weighted by Crippen LogP contribution is -2.04. The van der Waals surface area contributed by atoms with Gasteiger partial charge in [-0.1, -0.05) is 0 Å². The Kier molecular flexibility index (Phi) is 3.94. The molecule has 0 bridgehead atoms. The van der Waals surface area contributed by atoms with Crippen LogP contribution in [0, 0.1) is 10.1 Å². The number of aromatic nitrogens is 1. The summed E-state index contributed by atoms with van der Waals surface area (Å²) in [6.45, 7) is 0. The second-order valence-electron chi connectivity index (χ2n) is 2.74. The van der Waals surface area contributed by atoms with Crippen molar-refractivity contribution < 1.29 is 18.4 Å². The van der Waals surface area contributed by atoms with Crippen molar-refractivity contribution in [1.29, 1.82) is 0 Å². The number of halogens is 3. The predicted octanol–water partition coefficient (Wildman–Crippen LogP) is 2.67. The molecule has 8 heteroatoms. The standard InChI is InChI=1S/C8H7ClF2N2O3/c1-16-6-2-5(13(14)15)7(8(10)11)4(3-9)12-6/h2,8H,3H2,1H3. The van der Waals surface area contributed by atoms with Gasteiger partial charge in [-0.25, -0.2) is 13.8 Å². The second-order valence-corrected chi connectivity index (χ2v) is 3.00. The van der Waals surface area contributed by atoms with E-state index in [1.54, 1.807) is 0 Å². The second kappa shape index (κ2) is 5.02. The number of methoxy groups -OCH3 is 1. The molecule has 0 aromatic carbocycles. The third kappa shape index (κ3) is 2.35. The van der Waals surface area contributed by atoms with E-state index in [-0.39, 0.29) is 17.5 Å². The molecule has 16 heavy (non-hydrogen) atoms. The molecule has 0 spiro atoms. The molecule has 0 aliphatic carbocycles. The fourth-order valence-corrected chi connectivity index (χ4v) is 1.37. The molecular formula is C8H7ClF2N2O3. The molecular weight excluding hydrogens is 246 g/mol. The van der Waals surface area contributed by atoms with Crippen LogP contribution in [0.2, 0.25) is 0 Å². The minimum atomic E-state index is -3.01. The summed E-state index contributed by atoms with van der Waals surface area (Å²) in [5.74, 6) is -0.468. The zero-order chi connectivity index (χ0) is 12.3. The predicted molar refractivity (Wildman–Crippen MR) is 52.0 cm³/mol. The van der Waals surface area contributed by atoms with Crippen LogP contribution in [-0.2, 0) is 5.88 Å². The average Bonchev–Trinajstić information content (AvgIpc) is 2.26. The van der Waals surface area contributed by atoms with Gasteiger partial charge in [0, 0.05) is 0 Å². The van der Waals surface area contributed by atoms with Gasteiger partial charge in [-0.15, -0.1) is 11.6 Å². The van der Waals surface area contributed by atoms with Crippen LogP contribution in [0.15, 0.2) is 6.07 Å². The van der Waals surface area contributed by atoms with E-state index in [1.165, 1.54) is 7.11 Å². The summed E-state index contributed by atoms with van der Waals surface area (Å²) in [5, 5.41) is 10.6. The fraction of sp³-hybridized carbons (Fsp3) is 0.375. The lowest BCUT2D eigenvalue weighted by molar-refractivity contribution is -0.386. The monoisotopic (exact) mass is 252 g/mol. The molecule has 1 aromatic heterocycles. The van der Waals surface area contributed by atoms with Gasteiger partial charge in [0.2, 0.25) is 5.88 Å². The van der Waals surface area contributed by atoms with Crippen LogP contribution in [0.5, 0.6) is 5.88 Å². The highest BCUT2D eigenvalue weighted by atomic mass is 35.5. The Morgan fingerprint density at radius 1 is 1.69 bits per heavy atom. The van der Waals surface area contributed by atoms with Gasteiger partial charge in [0.15, 0.2) is 0 Å². The van der Waals surface area contributed by atoms with Crippen molar-refractivity contribution >= 4 is 17.3 Å². The summed E-state index contributed by atoms with van der Waals surface area (Å²) >= 11 is 5.41. The van der Waals surface area contributed by atoms with Crippen LogP contribution in [0.25, 0.3) is 0 Å². The number of rotatable bonds is 4. The molecule has 1 heterocycles. The SMILES string of the molecule is COc1cc([N+](=O)[O-])c(C(F)F)c(CCl)n1. The highest BCUT2D eigenvalue weighted by molar-refractivity contribution is 6.17. The van der Waals surface area contributed by atoms with Crippen LogP contribution < -0.4 is 4.74 Å². The van der Waals surface area contributed by atoms with E-state index in [0.29, 0.717) is 0 Å². The molecule has 0 N–H and O–H groups in total. The summed E-state index contributed by atoms with van der Waals surface area (Å²) in [6.07, 6.45) is -3.01. The van der Waals surface area contributed by atoms with Gasteiger partial charge in [-0.05, 0) is 0 Å². The Labute approximate surface area is 94.1 Å². The van der Waals surface area contributed by atoms with E-state index in [0.717, 1.165) is 6.07 Å². The number of alkyl halides is 3. The third-order valence-corrected chi connectivity index (χ3v) is 2.10. The molecule has 88 valence electrons. The molecule has 0 unspecified atom stereocenters. The van der Waals surface area contributed by atoms with Gasteiger partial charge in [0.25, 0.3) is 12.1 Å². The van der Waals surface area contributed by atoms with E-state index in [2.05, 4.69) is 9.72 Å². The average molecular weight is 253 g/mol. The van der Waals surface area contributed by atoms with Crippen LogP contribution in [0.3, 0.4) is 0 Å². The van der Waals surface area contributed by atoms with Crippen molar-refractivity contribution in [2.45, 2.75) is 12.3 Å². The van der Waals surface area contributed by atoms with Gasteiger partial charge in [-0.2, -0.15) is 0 Å². The summed E-state index contributed by atoms with van der Waals surface area (Å²) in [5.41, 5.74) is -1.75. The van der Waals surface area contributed by atoms with Crippen molar-refractivity contribution in [3.05, 3.63) is 27.4 Å². The zero-order valence-corrected chi connectivity index (χ0v) is 8.87. The third-order valence-electron chi connectivity index (χ3n) is 1.84. The fourth-order valence-electron chi connectivity index (χ4n) is 1.16. The largest absolute Gasteiger partial charge is 0.481 e. The number of hydrogen-bond donors (Lipinski definition) is 0. The van der Waals surface area contributed by atoms with Crippen molar-refractivity contribution in [2.24, 2.45) is 0 Å². The molecule has 0 saturated carbocycles. The van der Waals surface area contributed by atoms with Gasteiger partial charge in [-0.3, -0.25) is 10.1 Å². The van der Waals surface area contributed by atoms with Crippen LogP contribution in [0.1, 0.15) is 17.7 Å². The van der Waals surface area contributed by atoms with E-state index in [9.17, 15) is 18.9 Å². The van der Waals surface area contributed by atoms with Crippen molar-refractivity contribution in [3.8, 4) is 5.88 Å². The smallest absolute Gasteiger partial charge is 0.285 e.